The highest BCUT2D eigenvalue weighted by molar-refractivity contribution is 5.78. The molecule has 3 heterocycles. The lowest BCUT2D eigenvalue weighted by molar-refractivity contribution is -0.149. The standard InChI is InChI=1S/C17H27N3O3/c1-12(2)16(21)20-7-5-17(6-8-20)11-14(4-9-22-17)10-15-18-13(3)23-19-15/h12,14H,4-11H2,1-3H3. The number of ether oxygens (including phenoxy) is 1. The first kappa shape index (κ1) is 16.4. The molecule has 0 N–H and O–H groups in total. The Kier molecular flexibility index (Phi) is 4.71. The maximum absolute atomic E-state index is 12.1. The van der Waals surface area contributed by atoms with Crippen LogP contribution in [0.1, 0.15) is 51.2 Å². The molecular weight excluding hydrogens is 294 g/mol. The summed E-state index contributed by atoms with van der Waals surface area (Å²) in [5, 5.41) is 4.02. The van der Waals surface area contributed by atoms with Gasteiger partial charge in [0.05, 0.1) is 5.60 Å². The summed E-state index contributed by atoms with van der Waals surface area (Å²) < 4.78 is 11.2. The van der Waals surface area contributed by atoms with Crippen LogP contribution in [0, 0.1) is 18.8 Å². The summed E-state index contributed by atoms with van der Waals surface area (Å²) in [7, 11) is 0. The van der Waals surface area contributed by atoms with Crippen LogP contribution in [0.3, 0.4) is 0 Å². The molecule has 6 nitrogen and oxygen atoms in total. The van der Waals surface area contributed by atoms with Crippen molar-refractivity contribution in [3.63, 3.8) is 0 Å². The molecule has 0 aromatic carbocycles. The van der Waals surface area contributed by atoms with Crippen molar-refractivity contribution in [1.29, 1.82) is 0 Å². The predicted octanol–water partition coefficient (Wildman–Crippen LogP) is 2.36. The van der Waals surface area contributed by atoms with Gasteiger partial charge in [-0.25, -0.2) is 0 Å². The number of hydrogen-bond donors (Lipinski definition) is 0. The van der Waals surface area contributed by atoms with Gasteiger partial charge >= 0.3 is 0 Å². The number of amides is 1. The quantitative estimate of drug-likeness (QED) is 0.855. The van der Waals surface area contributed by atoms with Crippen LogP contribution in [0.25, 0.3) is 0 Å². The van der Waals surface area contributed by atoms with E-state index in [1.54, 1.807) is 0 Å². The maximum atomic E-state index is 12.1. The molecule has 0 bridgehead atoms. The van der Waals surface area contributed by atoms with E-state index in [2.05, 4.69) is 10.1 Å². The molecule has 1 spiro atoms. The second-order valence-electron chi connectivity index (χ2n) is 7.30. The molecule has 0 saturated carbocycles. The number of nitrogens with zero attached hydrogens (tertiary/aromatic N) is 3. The monoisotopic (exact) mass is 321 g/mol. The fraction of sp³-hybridized carbons (Fsp3) is 0.824. The molecule has 128 valence electrons. The number of piperidine rings is 1. The van der Waals surface area contributed by atoms with Crippen molar-refractivity contribution >= 4 is 5.91 Å². The van der Waals surface area contributed by atoms with Gasteiger partial charge in [-0.15, -0.1) is 0 Å². The highest BCUT2D eigenvalue weighted by Crippen LogP contribution is 2.38. The van der Waals surface area contributed by atoms with E-state index in [9.17, 15) is 4.79 Å². The van der Waals surface area contributed by atoms with E-state index >= 15 is 0 Å². The van der Waals surface area contributed by atoms with E-state index in [0.29, 0.717) is 11.8 Å². The van der Waals surface area contributed by atoms with E-state index in [-0.39, 0.29) is 17.4 Å². The Morgan fingerprint density at radius 3 is 2.74 bits per heavy atom. The van der Waals surface area contributed by atoms with Crippen LogP contribution in [0.4, 0.5) is 0 Å². The van der Waals surface area contributed by atoms with Gasteiger partial charge in [0.2, 0.25) is 11.8 Å². The third kappa shape index (κ3) is 3.74. The number of hydrogen-bond acceptors (Lipinski definition) is 5. The Morgan fingerprint density at radius 2 is 2.13 bits per heavy atom. The van der Waals surface area contributed by atoms with Gasteiger partial charge in [0, 0.05) is 39.0 Å². The first-order valence-corrected chi connectivity index (χ1v) is 8.69. The lowest BCUT2D eigenvalue weighted by atomic mass is 9.78. The largest absolute Gasteiger partial charge is 0.375 e. The average Bonchev–Trinajstić information content (AvgIpc) is 2.92. The van der Waals surface area contributed by atoms with E-state index in [1.807, 2.05) is 25.7 Å². The Labute approximate surface area is 137 Å². The maximum Gasteiger partial charge on any atom is 0.225 e. The van der Waals surface area contributed by atoms with Gasteiger partial charge in [0.1, 0.15) is 0 Å². The first-order valence-electron chi connectivity index (χ1n) is 8.69. The van der Waals surface area contributed by atoms with Gasteiger partial charge in [-0.05, 0) is 31.6 Å². The summed E-state index contributed by atoms with van der Waals surface area (Å²) in [6.45, 7) is 8.17. The third-order valence-electron chi connectivity index (χ3n) is 5.12. The molecule has 1 aromatic rings. The van der Waals surface area contributed by atoms with Gasteiger partial charge in [0.25, 0.3) is 0 Å². The number of rotatable bonds is 3. The van der Waals surface area contributed by atoms with Crippen molar-refractivity contribution in [1.82, 2.24) is 15.0 Å². The smallest absolute Gasteiger partial charge is 0.225 e. The number of likely N-dealkylation sites (tertiary alicyclic amines) is 1. The van der Waals surface area contributed by atoms with Crippen LogP contribution in [0.2, 0.25) is 0 Å². The summed E-state index contributed by atoms with van der Waals surface area (Å²) >= 11 is 0. The predicted molar refractivity (Wildman–Crippen MR) is 84.8 cm³/mol. The third-order valence-corrected chi connectivity index (χ3v) is 5.12. The summed E-state index contributed by atoms with van der Waals surface area (Å²) in [5.41, 5.74) is -0.0601. The van der Waals surface area contributed by atoms with Crippen molar-refractivity contribution in [2.24, 2.45) is 11.8 Å². The lowest BCUT2D eigenvalue weighted by Crippen LogP contribution is -2.51. The molecule has 0 radical (unpaired) electrons. The first-order chi connectivity index (χ1) is 11.0. The van der Waals surface area contributed by atoms with Gasteiger partial charge in [-0.1, -0.05) is 19.0 Å². The van der Waals surface area contributed by atoms with E-state index < -0.39 is 0 Å². The van der Waals surface area contributed by atoms with Crippen LogP contribution in [0.15, 0.2) is 4.52 Å². The molecule has 1 atom stereocenters. The van der Waals surface area contributed by atoms with E-state index in [4.69, 9.17) is 9.26 Å². The molecule has 2 fully saturated rings. The second-order valence-corrected chi connectivity index (χ2v) is 7.30. The van der Waals surface area contributed by atoms with Crippen LogP contribution < -0.4 is 0 Å². The van der Waals surface area contributed by atoms with Gasteiger partial charge in [-0.3, -0.25) is 4.79 Å². The SMILES string of the molecule is Cc1nc(CC2CCOC3(CCN(C(=O)C(C)C)CC3)C2)no1. The number of carbonyl (C=O) groups excluding carboxylic acids is 1. The Morgan fingerprint density at radius 1 is 1.39 bits per heavy atom. The van der Waals surface area contributed by atoms with Gasteiger partial charge in [-0.2, -0.15) is 4.98 Å². The molecule has 2 aliphatic heterocycles. The van der Waals surface area contributed by atoms with Crippen molar-refractivity contribution < 1.29 is 14.1 Å². The summed E-state index contributed by atoms with van der Waals surface area (Å²) in [5.74, 6) is 2.30. The lowest BCUT2D eigenvalue weighted by Gasteiger charge is -2.46. The highest BCUT2D eigenvalue weighted by Gasteiger charge is 2.41. The fourth-order valence-corrected chi connectivity index (χ4v) is 3.83. The molecule has 23 heavy (non-hydrogen) atoms. The number of aromatic nitrogens is 2. The minimum atomic E-state index is -0.0601. The topological polar surface area (TPSA) is 68.5 Å². The molecular formula is C17H27N3O3. The van der Waals surface area contributed by atoms with Crippen molar-refractivity contribution in [3.8, 4) is 0 Å². The average molecular weight is 321 g/mol. The zero-order chi connectivity index (χ0) is 16.4. The highest BCUT2D eigenvalue weighted by atomic mass is 16.5. The van der Waals surface area contributed by atoms with Crippen molar-refractivity contribution in [3.05, 3.63) is 11.7 Å². The zero-order valence-corrected chi connectivity index (χ0v) is 14.4. The summed E-state index contributed by atoms with van der Waals surface area (Å²) in [4.78, 5) is 18.4. The van der Waals surface area contributed by atoms with Crippen molar-refractivity contribution in [2.45, 2.75) is 58.5 Å². The Bertz CT molecular complexity index is 547. The van der Waals surface area contributed by atoms with Crippen LogP contribution >= 0.6 is 0 Å². The van der Waals surface area contributed by atoms with Crippen molar-refractivity contribution in [2.75, 3.05) is 19.7 Å². The molecule has 1 aromatic heterocycles. The molecule has 2 aliphatic rings. The van der Waals surface area contributed by atoms with Crippen LogP contribution in [0.5, 0.6) is 0 Å². The van der Waals surface area contributed by atoms with E-state index in [1.165, 1.54) is 0 Å². The molecule has 0 aliphatic carbocycles. The van der Waals surface area contributed by atoms with E-state index in [0.717, 1.165) is 57.6 Å². The van der Waals surface area contributed by atoms with Gasteiger partial charge < -0.3 is 14.2 Å². The summed E-state index contributed by atoms with van der Waals surface area (Å²) in [6.07, 6.45) is 4.81. The number of carbonyl (C=O) groups is 1. The molecule has 1 amide bonds. The summed E-state index contributed by atoms with van der Waals surface area (Å²) in [6, 6.07) is 0. The minimum Gasteiger partial charge on any atom is -0.375 e. The molecule has 3 rings (SSSR count). The molecule has 1 unspecified atom stereocenters. The number of aryl methyl sites for hydroxylation is 1. The second kappa shape index (κ2) is 6.59. The fourth-order valence-electron chi connectivity index (χ4n) is 3.83. The van der Waals surface area contributed by atoms with Crippen LogP contribution in [-0.4, -0.2) is 46.2 Å². The zero-order valence-electron chi connectivity index (χ0n) is 14.4. The minimum absolute atomic E-state index is 0.0601. The molecule has 6 heteroatoms. The normalized spacial score (nSPS) is 24.3. The molecule has 2 saturated heterocycles. The Balaban J connectivity index is 1.57. The Hall–Kier alpha value is -1.43. The van der Waals surface area contributed by atoms with Crippen LogP contribution in [-0.2, 0) is 16.0 Å². The van der Waals surface area contributed by atoms with Gasteiger partial charge in [0.15, 0.2) is 5.82 Å².